The maximum Gasteiger partial charge on any atom is 0.309 e. The number of H-pyrrole nitrogens is 1. The maximum absolute atomic E-state index is 11.8. The van der Waals surface area contributed by atoms with E-state index in [4.69, 9.17) is 5.11 Å². The van der Waals surface area contributed by atoms with E-state index in [0.717, 1.165) is 0 Å². The van der Waals surface area contributed by atoms with Crippen LogP contribution in [-0.4, -0.2) is 36.0 Å². The van der Waals surface area contributed by atoms with E-state index in [9.17, 15) is 9.59 Å². The summed E-state index contributed by atoms with van der Waals surface area (Å²) in [5, 5.41) is 18.0. The lowest BCUT2D eigenvalue weighted by atomic mass is 10.3. The van der Waals surface area contributed by atoms with E-state index < -0.39 is 5.97 Å². The molecule has 20 heavy (non-hydrogen) atoms. The van der Waals surface area contributed by atoms with Gasteiger partial charge in [0.1, 0.15) is 17.1 Å². The number of carboxylic acids is 1. The summed E-state index contributed by atoms with van der Waals surface area (Å²) < 4.78 is 2.02. The van der Waals surface area contributed by atoms with Crippen molar-refractivity contribution in [2.24, 2.45) is 0 Å². The lowest BCUT2D eigenvalue weighted by Gasteiger charge is -2.00. The van der Waals surface area contributed by atoms with Crippen molar-refractivity contribution in [3.63, 3.8) is 0 Å². The van der Waals surface area contributed by atoms with Crippen LogP contribution in [0.2, 0.25) is 0 Å². The van der Waals surface area contributed by atoms with Gasteiger partial charge >= 0.3 is 5.97 Å². The van der Waals surface area contributed by atoms with Gasteiger partial charge < -0.3 is 10.1 Å². The predicted molar refractivity (Wildman–Crippen MR) is 70.7 cm³/mol. The second kappa shape index (κ2) is 4.85. The third kappa shape index (κ3) is 2.43. The molecule has 0 spiro atoms. The van der Waals surface area contributed by atoms with Crippen molar-refractivity contribution in [1.29, 1.82) is 0 Å². The molecular formula is C11H9N5O3S. The first kappa shape index (κ1) is 12.5. The van der Waals surface area contributed by atoms with Gasteiger partial charge in [-0.25, -0.2) is 9.67 Å². The molecule has 0 bridgehead atoms. The number of thiophene rings is 1. The van der Waals surface area contributed by atoms with E-state index in [1.54, 1.807) is 11.4 Å². The van der Waals surface area contributed by atoms with Crippen LogP contribution in [0.25, 0.3) is 10.2 Å². The Hall–Kier alpha value is -2.55. The van der Waals surface area contributed by atoms with E-state index in [0.29, 0.717) is 21.7 Å². The summed E-state index contributed by atoms with van der Waals surface area (Å²) >= 11 is 1.33. The van der Waals surface area contributed by atoms with Gasteiger partial charge in [-0.1, -0.05) is 5.21 Å². The number of aliphatic carboxylic acids is 1. The summed E-state index contributed by atoms with van der Waals surface area (Å²) in [6.07, 6.45) is 1.33. The molecule has 0 aromatic carbocycles. The highest BCUT2D eigenvalue weighted by molar-refractivity contribution is 7.17. The Morgan fingerprint density at radius 3 is 3.15 bits per heavy atom. The Bertz CT molecular complexity index is 834. The molecule has 0 radical (unpaired) electrons. The number of aromatic amines is 1. The molecule has 3 aromatic rings. The molecule has 0 fully saturated rings. The number of nitrogens with one attached hydrogen (secondary N) is 1. The van der Waals surface area contributed by atoms with Gasteiger partial charge in [-0.15, -0.1) is 16.4 Å². The molecule has 3 heterocycles. The molecule has 0 atom stereocenters. The van der Waals surface area contributed by atoms with Crippen LogP contribution in [-0.2, 0) is 17.8 Å². The average molecular weight is 291 g/mol. The van der Waals surface area contributed by atoms with E-state index in [2.05, 4.69) is 20.3 Å². The average Bonchev–Trinajstić information content (AvgIpc) is 2.98. The SMILES string of the molecule is O=C(O)Cc1cn(Cc2nc3ccsc3c(=O)[nH]2)nn1. The summed E-state index contributed by atoms with van der Waals surface area (Å²) in [6.45, 7) is 0.230. The van der Waals surface area contributed by atoms with E-state index in [-0.39, 0.29) is 18.5 Å². The van der Waals surface area contributed by atoms with Crippen molar-refractivity contribution in [3.05, 3.63) is 39.5 Å². The van der Waals surface area contributed by atoms with Crippen LogP contribution < -0.4 is 5.56 Å². The molecule has 0 unspecified atom stereocenters. The highest BCUT2D eigenvalue weighted by Gasteiger charge is 2.08. The van der Waals surface area contributed by atoms with Crippen LogP contribution >= 0.6 is 11.3 Å². The third-order valence-electron chi connectivity index (χ3n) is 2.59. The molecule has 0 saturated carbocycles. The van der Waals surface area contributed by atoms with Gasteiger partial charge in [0, 0.05) is 6.20 Å². The molecule has 0 aliphatic carbocycles. The van der Waals surface area contributed by atoms with Crippen molar-refractivity contribution in [1.82, 2.24) is 25.0 Å². The highest BCUT2D eigenvalue weighted by Crippen LogP contribution is 2.13. The lowest BCUT2D eigenvalue weighted by Crippen LogP contribution is -2.13. The van der Waals surface area contributed by atoms with Gasteiger partial charge in [-0.2, -0.15) is 0 Å². The Labute approximate surface area is 115 Å². The fourth-order valence-corrected chi connectivity index (χ4v) is 2.53. The van der Waals surface area contributed by atoms with Crippen LogP contribution in [0.1, 0.15) is 11.5 Å². The topological polar surface area (TPSA) is 114 Å². The summed E-state index contributed by atoms with van der Waals surface area (Å²) in [5.41, 5.74) is 0.807. The second-order valence-electron chi connectivity index (χ2n) is 4.13. The Morgan fingerprint density at radius 2 is 2.35 bits per heavy atom. The third-order valence-corrected chi connectivity index (χ3v) is 3.50. The largest absolute Gasteiger partial charge is 0.481 e. The van der Waals surface area contributed by atoms with Gasteiger partial charge in [0.05, 0.1) is 17.6 Å². The molecule has 9 heteroatoms. The summed E-state index contributed by atoms with van der Waals surface area (Å²) in [6, 6.07) is 1.77. The maximum atomic E-state index is 11.8. The summed E-state index contributed by atoms with van der Waals surface area (Å²) in [7, 11) is 0. The Kier molecular flexibility index (Phi) is 3.03. The normalized spacial score (nSPS) is 11.0. The molecule has 3 aromatic heterocycles. The fraction of sp³-hybridized carbons (Fsp3) is 0.182. The molecule has 0 amide bonds. The van der Waals surface area contributed by atoms with Gasteiger partial charge in [0.2, 0.25) is 0 Å². The summed E-state index contributed by atoms with van der Waals surface area (Å²) in [5.74, 6) is -0.518. The number of carboxylic acid groups (broad SMARTS) is 1. The first-order chi connectivity index (χ1) is 9.61. The van der Waals surface area contributed by atoms with E-state index >= 15 is 0 Å². The van der Waals surface area contributed by atoms with E-state index in [1.807, 2.05) is 0 Å². The van der Waals surface area contributed by atoms with Crippen molar-refractivity contribution >= 4 is 27.5 Å². The molecule has 0 aliphatic rings. The highest BCUT2D eigenvalue weighted by atomic mass is 32.1. The standard InChI is InChI=1S/C11H9N5O3S/c17-9(18)3-6-4-16(15-14-6)5-8-12-7-1-2-20-10(7)11(19)13-8/h1-2,4H,3,5H2,(H,17,18)(H,12,13,19). The van der Waals surface area contributed by atoms with E-state index in [1.165, 1.54) is 22.2 Å². The zero-order chi connectivity index (χ0) is 14.1. The van der Waals surface area contributed by atoms with Gasteiger partial charge in [0.15, 0.2) is 0 Å². The fourth-order valence-electron chi connectivity index (χ4n) is 1.80. The van der Waals surface area contributed by atoms with Crippen molar-refractivity contribution in [3.8, 4) is 0 Å². The monoisotopic (exact) mass is 291 g/mol. The van der Waals surface area contributed by atoms with Gasteiger partial charge in [-0.3, -0.25) is 9.59 Å². The molecular weight excluding hydrogens is 282 g/mol. The molecule has 2 N–H and O–H groups in total. The number of rotatable bonds is 4. The van der Waals surface area contributed by atoms with Gasteiger partial charge in [0.25, 0.3) is 5.56 Å². The number of nitrogens with zero attached hydrogens (tertiary/aromatic N) is 4. The molecule has 0 saturated heterocycles. The first-order valence-corrected chi connectivity index (χ1v) is 6.57. The second-order valence-corrected chi connectivity index (χ2v) is 5.04. The smallest absolute Gasteiger partial charge is 0.309 e. The zero-order valence-electron chi connectivity index (χ0n) is 10.1. The quantitative estimate of drug-likeness (QED) is 0.712. The number of hydrogen-bond acceptors (Lipinski definition) is 6. The van der Waals surface area contributed by atoms with Crippen LogP contribution in [0.4, 0.5) is 0 Å². The molecule has 0 aliphatic heterocycles. The van der Waals surface area contributed by atoms with Crippen LogP contribution in [0, 0.1) is 0 Å². The minimum atomic E-state index is -0.969. The van der Waals surface area contributed by atoms with Crippen molar-refractivity contribution in [2.75, 3.05) is 0 Å². The predicted octanol–water partition coefficient (Wildman–Crippen LogP) is 0.252. The minimum Gasteiger partial charge on any atom is -0.481 e. The van der Waals surface area contributed by atoms with Crippen molar-refractivity contribution in [2.45, 2.75) is 13.0 Å². The number of carbonyl (C=O) groups is 1. The molecule has 8 nitrogen and oxygen atoms in total. The van der Waals surface area contributed by atoms with Crippen LogP contribution in [0.3, 0.4) is 0 Å². The Morgan fingerprint density at radius 1 is 1.50 bits per heavy atom. The molecule has 3 rings (SSSR count). The number of aromatic nitrogens is 5. The molecule has 102 valence electrons. The van der Waals surface area contributed by atoms with Gasteiger partial charge in [-0.05, 0) is 11.4 Å². The lowest BCUT2D eigenvalue weighted by molar-refractivity contribution is -0.136. The number of hydrogen-bond donors (Lipinski definition) is 2. The zero-order valence-corrected chi connectivity index (χ0v) is 10.9. The van der Waals surface area contributed by atoms with Crippen LogP contribution in [0.5, 0.6) is 0 Å². The minimum absolute atomic E-state index is 0.187. The first-order valence-electron chi connectivity index (χ1n) is 5.69. The Balaban J connectivity index is 1.87. The van der Waals surface area contributed by atoms with Crippen LogP contribution in [0.15, 0.2) is 22.4 Å². The summed E-state index contributed by atoms with van der Waals surface area (Å²) in [4.78, 5) is 29.3. The van der Waals surface area contributed by atoms with Crippen molar-refractivity contribution < 1.29 is 9.90 Å². The number of fused-ring (bicyclic) bond motifs is 1.